The summed E-state index contributed by atoms with van der Waals surface area (Å²) in [6.45, 7) is 2.24. The fourth-order valence-corrected chi connectivity index (χ4v) is 3.47. The average molecular weight is 228 g/mol. The van der Waals surface area contributed by atoms with E-state index >= 15 is 0 Å². The molecule has 1 aromatic heterocycles. The Bertz CT molecular complexity index is 667. The van der Waals surface area contributed by atoms with Crippen LogP contribution in [0.4, 0.5) is 0 Å². The molecule has 0 atom stereocenters. The van der Waals surface area contributed by atoms with E-state index in [0.717, 1.165) is 5.56 Å². The number of thiophene rings is 1. The molecule has 0 saturated heterocycles. The molecule has 1 nitrogen and oxygen atoms in total. The van der Waals surface area contributed by atoms with Crippen LogP contribution in [-0.2, 0) is 6.61 Å². The van der Waals surface area contributed by atoms with Gasteiger partial charge in [0.05, 0.1) is 6.61 Å². The Morgan fingerprint density at radius 3 is 2.44 bits per heavy atom. The van der Waals surface area contributed by atoms with Crippen LogP contribution < -0.4 is 0 Å². The van der Waals surface area contributed by atoms with Crippen molar-refractivity contribution in [3.05, 3.63) is 47.5 Å². The molecule has 1 N–H and O–H groups in total. The van der Waals surface area contributed by atoms with Crippen LogP contribution in [0, 0.1) is 6.92 Å². The molecule has 0 aliphatic rings. The highest BCUT2D eigenvalue weighted by atomic mass is 32.1. The first-order valence-corrected chi connectivity index (χ1v) is 6.13. The predicted molar refractivity (Wildman–Crippen MR) is 70.0 cm³/mol. The zero-order chi connectivity index (χ0) is 11.1. The first-order valence-electron chi connectivity index (χ1n) is 5.32. The maximum Gasteiger partial charge on any atom is 0.0688 e. The number of aliphatic hydroxyl groups excluding tert-OH is 1. The molecule has 16 heavy (non-hydrogen) atoms. The summed E-state index contributed by atoms with van der Waals surface area (Å²) in [7, 11) is 0. The minimum absolute atomic E-state index is 0.109. The Labute approximate surface area is 98.0 Å². The summed E-state index contributed by atoms with van der Waals surface area (Å²) >= 11 is 1.79. The van der Waals surface area contributed by atoms with Crippen molar-refractivity contribution in [1.29, 1.82) is 0 Å². The van der Waals surface area contributed by atoms with E-state index in [9.17, 15) is 5.11 Å². The molecule has 3 aromatic rings. The van der Waals surface area contributed by atoms with Gasteiger partial charge in [-0.25, -0.2) is 0 Å². The van der Waals surface area contributed by atoms with Gasteiger partial charge in [0.15, 0.2) is 0 Å². The third kappa shape index (κ3) is 1.27. The molecule has 1 heterocycles. The summed E-state index contributed by atoms with van der Waals surface area (Å²) in [6.07, 6.45) is 0. The van der Waals surface area contributed by atoms with Gasteiger partial charge in [-0.2, -0.15) is 0 Å². The highest BCUT2D eigenvalue weighted by Crippen LogP contribution is 2.37. The summed E-state index contributed by atoms with van der Waals surface area (Å²) in [5.41, 5.74) is 2.31. The van der Waals surface area contributed by atoms with E-state index < -0.39 is 0 Å². The van der Waals surface area contributed by atoms with Crippen LogP contribution in [0.5, 0.6) is 0 Å². The van der Waals surface area contributed by atoms with Gasteiger partial charge >= 0.3 is 0 Å². The molecule has 0 amide bonds. The van der Waals surface area contributed by atoms with Gasteiger partial charge in [-0.15, -0.1) is 11.3 Å². The van der Waals surface area contributed by atoms with E-state index in [2.05, 4.69) is 31.2 Å². The van der Waals surface area contributed by atoms with Crippen molar-refractivity contribution in [1.82, 2.24) is 0 Å². The van der Waals surface area contributed by atoms with E-state index in [4.69, 9.17) is 0 Å². The van der Waals surface area contributed by atoms with E-state index in [0.29, 0.717) is 0 Å². The second-order valence-corrected chi connectivity index (χ2v) is 5.08. The molecule has 0 unspecified atom stereocenters. The Morgan fingerprint density at radius 2 is 1.69 bits per heavy atom. The topological polar surface area (TPSA) is 20.2 Å². The van der Waals surface area contributed by atoms with Crippen molar-refractivity contribution in [3.8, 4) is 0 Å². The van der Waals surface area contributed by atoms with Crippen molar-refractivity contribution in [2.24, 2.45) is 0 Å². The molecular formula is C14H12OS. The average Bonchev–Trinajstić information content (AvgIpc) is 2.68. The normalized spacial score (nSPS) is 11.4. The van der Waals surface area contributed by atoms with E-state index in [-0.39, 0.29) is 6.61 Å². The van der Waals surface area contributed by atoms with Crippen LogP contribution in [-0.4, -0.2) is 5.11 Å². The number of aryl methyl sites for hydroxylation is 1. The Hall–Kier alpha value is -1.38. The molecule has 0 spiro atoms. The Morgan fingerprint density at radius 1 is 1.00 bits per heavy atom. The lowest BCUT2D eigenvalue weighted by atomic mass is 10.0. The lowest BCUT2D eigenvalue weighted by Crippen LogP contribution is -1.84. The van der Waals surface area contributed by atoms with Crippen molar-refractivity contribution in [2.75, 3.05) is 0 Å². The molecule has 3 rings (SSSR count). The summed E-state index contributed by atoms with van der Waals surface area (Å²) < 4.78 is 2.56. The standard InChI is InChI=1S/C14H12OS/c1-9-4-2-6-11-13(9)14-10(8-15)5-3-7-12(14)16-11/h2-7,15H,8H2,1H3. The molecular weight excluding hydrogens is 216 g/mol. The Kier molecular flexibility index (Phi) is 2.20. The third-order valence-electron chi connectivity index (χ3n) is 2.99. The molecule has 80 valence electrons. The zero-order valence-electron chi connectivity index (χ0n) is 9.03. The highest BCUT2D eigenvalue weighted by Gasteiger charge is 2.09. The first kappa shape index (κ1) is 9.82. The van der Waals surface area contributed by atoms with E-state index in [1.54, 1.807) is 11.3 Å². The number of benzene rings is 2. The van der Waals surface area contributed by atoms with Crippen molar-refractivity contribution < 1.29 is 5.11 Å². The fraction of sp³-hybridized carbons (Fsp3) is 0.143. The number of hydrogen-bond donors (Lipinski definition) is 1. The molecule has 0 radical (unpaired) electrons. The zero-order valence-corrected chi connectivity index (χ0v) is 9.84. The first-order chi connectivity index (χ1) is 7.81. The van der Waals surface area contributed by atoms with E-state index in [1.165, 1.54) is 25.7 Å². The minimum atomic E-state index is 0.109. The monoisotopic (exact) mass is 228 g/mol. The van der Waals surface area contributed by atoms with Crippen LogP contribution >= 0.6 is 11.3 Å². The van der Waals surface area contributed by atoms with Gasteiger partial charge in [0.1, 0.15) is 0 Å². The van der Waals surface area contributed by atoms with Gasteiger partial charge in [0.2, 0.25) is 0 Å². The van der Waals surface area contributed by atoms with Crippen LogP contribution in [0.2, 0.25) is 0 Å². The summed E-state index contributed by atoms with van der Waals surface area (Å²) in [5.74, 6) is 0. The maximum absolute atomic E-state index is 9.41. The van der Waals surface area contributed by atoms with Gasteiger partial charge in [-0.1, -0.05) is 24.3 Å². The van der Waals surface area contributed by atoms with E-state index in [1.807, 2.05) is 12.1 Å². The largest absolute Gasteiger partial charge is 0.392 e. The number of rotatable bonds is 1. The molecule has 0 aliphatic carbocycles. The second-order valence-electron chi connectivity index (χ2n) is 4.00. The molecule has 0 saturated carbocycles. The van der Waals surface area contributed by atoms with Gasteiger partial charge in [-0.05, 0) is 30.2 Å². The Balaban J connectivity index is 2.60. The van der Waals surface area contributed by atoms with Crippen molar-refractivity contribution in [3.63, 3.8) is 0 Å². The predicted octanol–water partition coefficient (Wildman–Crippen LogP) is 3.86. The lowest BCUT2D eigenvalue weighted by Gasteiger charge is -2.01. The number of aliphatic hydroxyl groups is 1. The van der Waals surface area contributed by atoms with Crippen LogP contribution in [0.1, 0.15) is 11.1 Å². The van der Waals surface area contributed by atoms with Gasteiger partial charge < -0.3 is 5.11 Å². The molecule has 0 aliphatic heterocycles. The van der Waals surface area contributed by atoms with Gasteiger partial charge in [0.25, 0.3) is 0 Å². The third-order valence-corrected chi connectivity index (χ3v) is 4.11. The lowest BCUT2D eigenvalue weighted by molar-refractivity contribution is 0.283. The van der Waals surface area contributed by atoms with Crippen molar-refractivity contribution >= 4 is 31.5 Å². The summed E-state index contributed by atoms with van der Waals surface area (Å²) in [5, 5.41) is 11.9. The fourth-order valence-electron chi connectivity index (χ4n) is 2.24. The van der Waals surface area contributed by atoms with Crippen LogP contribution in [0.25, 0.3) is 20.2 Å². The van der Waals surface area contributed by atoms with Crippen LogP contribution in [0.15, 0.2) is 36.4 Å². The van der Waals surface area contributed by atoms with Crippen molar-refractivity contribution in [2.45, 2.75) is 13.5 Å². The molecule has 0 bridgehead atoms. The van der Waals surface area contributed by atoms with Crippen LogP contribution in [0.3, 0.4) is 0 Å². The smallest absolute Gasteiger partial charge is 0.0688 e. The quantitative estimate of drug-likeness (QED) is 0.670. The minimum Gasteiger partial charge on any atom is -0.392 e. The molecule has 2 aromatic carbocycles. The maximum atomic E-state index is 9.41. The van der Waals surface area contributed by atoms with Gasteiger partial charge in [0, 0.05) is 20.2 Å². The number of hydrogen-bond acceptors (Lipinski definition) is 2. The summed E-state index contributed by atoms with van der Waals surface area (Å²) in [6, 6.07) is 12.5. The molecule has 2 heteroatoms. The summed E-state index contributed by atoms with van der Waals surface area (Å²) in [4.78, 5) is 0. The molecule has 0 fully saturated rings. The number of fused-ring (bicyclic) bond motifs is 3. The highest BCUT2D eigenvalue weighted by molar-refractivity contribution is 7.25. The second kappa shape index (κ2) is 3.58. The van der Waals surface area contributed by atoms with Gasteiger partial charge in [-0.3, -0.25) is 0 Å². The SMILES string of the molecule is Cc1cccc2sc3cccc(CO)c3c12.